The van der Waals surface area contributed by atoms with Crippen LogP contribution in [0.3, 0.4) is 0 Å². The fourth-order valence-electron chi connectivity index (χ4n) is 0.911. The lowest BCUT2D eigenvalue weighted by Gasteiger charge is -2.20. The lowest BCUT2D eigenvalue weighted by atomic mass is 10.1. The number of aliphatic hydroxyl groups excluding tert-OH is 3. The van der Waals surface area contributed by atoms with E-state index in [4.69, 9.17) is 21.1 Å². The molecule has 18 heavy (non-hydrogen) atoms. The smallest absolute Gasteiger partial charge is 0.335 e. The molecule has 0 radical (unpaired) electrons. The van der Waals surface area contributed by atoms with Gasteiger partial charge in [-0.05, 0) is 0 Å². The van der Waals surface area contributed by atoms with Crippen molar-refractivity contribution in [3.8, 4) is 0 Å². The highest BCUT2D eigenvalue weighted by Crippen LogP contribution is 1.99. The predicted octanol–water partition coefficient (Wildman–Crippen LogP) is -4.06. The van der Waals surface area contributed by atoms with E-state index < -0.39 is 43.0 Å². The molecule has 0 aliphatic rings. The Balaban J connectivity index is 4.09. The van der Waals surface area contributed by atoms with Gasteiger partial charge < -0.3 is 36.8 Å². The highest BCUT2D eigenvalue weighted by molar-refractivity contribution is 5.77. The van der Waals surface area contributed by atoms with Gasteiger partial charge in [0.1, 0.15) is 18.4 Å². The van der Waals surface area contributed by atoms with Crippen molar-refractivity contribution in [2.45, 2.75) is 24.5 Å². The van der Waals surface area contributed by atoms with Crippen molar-refractivity contribution < 1.29 is 34.8 Å². The van der Waals surface area contributed by atoms with E-state index in [1.165, 1.54) is 0 Å². The average Bonchev–Trinajstić information content (AvgIpc) is 2.33. The minimum atomic E-state index is -2.18. The number of nitrogens with two attached hydrogens (primary N) is 1. The largest absolute Gasteiger partial charge is 0.479 e. The third-order valence-corrected chi connectivity index (χ3v) is 1.89. The molecule has 0 aliphatic heterocycles. The van der Waals surface area contributed by atoms with Crippen LogP contribution in [0.1, 0.15) is 0 Å². The summed E-state index contributed by atoms with van der Waals surface area (Å²) in [5.41, 5.74) is 5.06. The van der Waals surface area contributed by atoms with Gasteiger partial charge in [0, 0.05) is 6.54 Å². The molecule has 0 aromatic rings. The summed E-state index contributed by atoms with van der Waals surface area (Å²) in [5, 5.41) is 39.7. The van der Waals surface area contributed by atoms with E-state index >= 15 is 0 Å². The first-order valence-corrected chi connectivity index (χ1v) is 4.81. The zero-order chi connectivity index (χ0) is 14.3. The van der Waals surface area contributed by atoms with E-state index in [0.717, 1.165) is 0 Å². The number of carbonyl (C=O) groups is 3. The molecule has 0 rings (SSSR count). The van der Waals surface area contributed by atoms with Gasteiger partial charge in [0.2, 0.25) is 0 Å². The Morgan fingerprint density at radius 3 is 2.28 bits per heavy atom. The van der Waals surface area contributed by atoms with Gasteiger partial charge in [-0.2, -0.15) is 0 Å². The van der Waals surface area contributed by atoms with Crippen LogP contribution in [0, 0.1) is 0 Å². The molecular formula is C8H15N3O7. The summed E-state index contributed by atoms with van der Waals surface area (Å²) in [7, 11) is 0. The van der Waals surface area contributed by atoms with Crippen LogP contribution in [0.2, 0.25) is 0 Å². The molecule has 10 heteroatoms. The fourth-order valence-corrected chi connectivity index (χ4v) is 0.911. The summed E-state index contributed by atoms with van der Waals surface area (Å²) in [4.78, 5) is 31.4. The minimum absolute atomic E-state index is 0.263. The minimum Gasteiger partial charge on any atom is -0.479 e. The van der Waals surface area contributed by atoms with Gasteiger partial charge in [0.25, 0.3) is 0 Å². The summed E-state index contributed by atoms with van der Waals surface area (Å²) >= 11 is 0. The second-order valence-corrected chi connectivity index (χ2v) is 3.36. The summed E-state index contributed by atoms with van der Waals surface area (Å²) < 4.78 is 0. The molecule has 0 aromatic carbocycles. The van der Waals surface area contributed by atoms with E-state index in [9.17, 15) is 19.5 Å². The lowest BCUT2D eigenvalue weighted by molar-refractivity contribution is -0.157. The molecule has 0 saturated carbocycles. The first kappa shape index (κ1) is 16.2. The standard InChI is InChI=1S/C8H15N3O7/c9-4(2-12)11-8(18)10-1-3(13)5(14)6(15)7(16)17/h2-6,13-15H,1,9H2,(H,16,17)(H2,10,11,18)/t3-,4-,5+,6-/m0/s1. The van der Waals surface area contributed by atoms with Gasteiger partial charge in [0.05, 0.1) is 0 Å². The predicted molar refractivity (Wildman–Crippen MR) is 56.2 cm³/mol. The van der Waals surface area contributed by atoms with Crippen molar-refractivity contribution in [1.29, 1.82) is 0 Å². The van der Waals surface area contributed by atoms with Gasteiger partial charge in [0.15, 0.2) is 12.4 Å². The molecule has 104 valence electrons. The third kappa shape index (κ3) is 5.54. The maximum atomic E-state index is 11.0. The van der Waals surface area contributed by atoms with E-state index in [1.54, 1.807) is 0 Å². The van der Waals surface area contributed by atoms with Crippen LogP contribution in [0.15, 0.2) is 0 Å². The number of amides is 2. The van der Waals surface area contributed by atoms with Crippen LogP contribution in [0.25, 0.3) is 0 Å². The molecular weight excluding hydrogens is 250 g/mol. The highest BCUT2D eigenvalue weighted by atomic mass is 16.4. The van der Waals surface area contributed by atoms with Crippen molar-refractivity contribution in [1.82, 2.24) is 10.6 Å². The molecule has 2 amide bonds. The molecule has 0 aliphatic carbocycles. The SMILES string of the molecule is N[C@H](C=O)NC(=O)NC[C@H](O)[C@@H](O)[C@H](O)C(=O)O. The summed E-state index contributed by atoms with van der Waals surface area (Å²) in [6, 6.07) is -0.898. The van der Waals surface area contributed by atoms with Crippen LogP contribution in [0.5, 0.6) is 0 Å². The Kier molecular flexibility index (Phi) is 6.82. The number of aliphatic hydroxyl groups is 3. The van der Waals surface area contributed by atoms with Crippen LogP contribution in [0.4, 0.5) is 4.79 Å². The second kappa shape index (κ2) is 7.55. The second-order valence-electron chi connectivity index (χ2n) is 3.36. The van der Waals surface area contributed by atoms with Crippen molar-refractivity contribution in [2.24, 2.45) is 5.73 Å². The molecule has 10 nitrogen and oxygen atoms in total. The molecule has 0 saturated heterocycles. The molecule has 0 heterocycles. The average molecular weight is 265 g/mol. The molecule has 4 atom stereocenters. The molecule has 8 N–H and O–H groups in total. The van der Waals surface area contributed by atoms with Crippen molar-refractivity contribution in [3.63, 3.8) is 0 Å². The van der Waals surface area contributed by atoms with Gasteiger partial charge in [-0.15, -0.1) is 0 Å². The first-order chi connectivity index (χ1) is 8.29. The van der Waals surface area contributed by atoms with Crippen molar-refractivity contribution in [2.75, 3.05) is 6.54 Å². The molecule has 0 bridgehead atoms. The Labute approximate surface area is 101 Å². The van der Waals surface area contributed by atoms with Gasteiger partial charge >= 0.3 is 12.0 Å². The zero-order valence-electron chi connectivity index (χ0n) is 9.18. The summed E-state index contributed by atoms with van der Waals surface area (Å²) in [6.07, 6.45) is -6.81. The topological polar surface area (TPSA) is 182 Å². The number of carboxylic acid groups (broad SMARTS) is 1. The Bertz CT molecular complexity index is 311. The van der Waals surface area contributed by atoms with E-state index in [-0.39, 0.29) is 6.29 Å². The lowest BCUT2D eigenvalue weighted by Crippen LogP contribution is -2.52. The van der Waals surface area contributed by atoms with Crippen LogP contribution in [-0.4, -0.2) is 69.7 Å². The summed E-state index contributed by atoms with van der Waals surface area (Å²) in [6.45, 7) is -0.539. The van der Waals surface area contributed by atoms with Crippen molar-refractivity contribution in [3.05, 3.63) is 0 Å². The van der Waals surface area contributed by atoms with E-state index in [1.807, 2.05) is 10.6 Å². The number of aldehydes is 1. The number of nitrogens with one attached hydrogen (secondary N) is 2. The van der Waals surface area contributed by atoms with Gasteiger partial charge in [-0.1, -0.05) is 0 Å². The monoisotopic (exact) mass is 265 g/mol. The molecule has 0 spiro atoms. The molecule has 0 unspecified atom stereocenters. The van der Waals surface area contributed by atoms with Crippen LogP contribution < -0.4 is 16.4 Å². The van der Waals surface area contributed by atoms with Gasteiger partial charge in [-0.25, -0.2) is 9.59 Å². The quantitative estimate of drug-likeness (QED) is 0.179. The summed E-state index contributed by atoms with van der Waals surface area (Å²) in [5.74, 6) is -1.71. The maximum absolute atomic E-state index is 11.0. The number of aliphatic carboxylic acids is 1. The number of hydrogen-bond acceptors (Lipinski definition) is 7. The highest BCUT2D eigenvalue weighted by Gasteiger charge is 2.30. The van der Waals surface area contributed by atoms with Crippen molar-refractivity contribution >= 4 is 18.3 Å². The maximum Gasteiger partial charge on any atom is 0.335 e. The Morgan fingerprint density at radius 2 is 1.83 bits per heavy atom. The Hall–Kier alpha value is -1.75. The van der Waals surface area contributed by atoms with Gasteiger partial charge in [-0.3, -0.25) is 4.79 Å². The Morgan fingerprint density at radius 1 is 1.28 bits per heavy atom. The van der Waals surface area contributed by atoms with Crippen LogP contribution in [-0.2, 0) is 9.59 Å². The number of hydrogen-bond donors (Lipinski definition) is 7. The normalized spacial score (nSPS) is 17.1. The molecule has 0 aromatic heterocycles. The first-order valence-electron chi connectivity index (χ1n) is 4.81. The number of carboxylic acids is 1. The fraction of sp³-hybridized carbons (Fsp3) is 0.625. The zero-order valence-corrected chi connectivity index (χ0v) is 9.18. The number of urea groups is 1. The van der Waals surface area contributed by atoms with Crippen LogP contribution >= 0.6 is 0 Å². The number of rotatable bonds is 7. The number of carbonyl (C=O) groups excluding carboxylic acids is 2. The molecule has 0 fully saturated rings. The van der Waals surface area contributed by atoms with E-state index in [0.29, 0.717) is 0 Å². The van der Waals surface area contributed by atoms with E-state index in [2.05, 4.69) is 0 Å². The third-order valence-electron chi connectivity index (χ3n) is 1.89.